The fourth-order valence-corrected chi connectivity index (χ4v) is 4.15. The van der Waals surface area contributed by atoms with Crippen molar-refractivity contribution >= 4 is 40.0 Å². The lowest BCUT2D eigenvalue weighted by molar-refractivity contribution is 0.102. The maximum absolute atomic E-state index is 12.9. The Morgan fingerprint density at radius 2 is 1.86 bits per heavy atom. The third kappa shape index (κ3) is 3.45. The van der Waals surface area contributed by atoms with Gasteiger partial charge in [-0.3, -0.25) is 4.79 Å². The molecule has 4 aromatic rings. The van der Waals surface area contributed by atoms with E-state index in [0.717, 1.165) is 34.4 Å². The minimum absolute atomic E-state index is 0.0874. The number of benzene rings is 2. The second-order valence-corrected chi connectivity index (χ2v) is 7.81. The van der Waals surface area contributed by atoms with Crippen LogP contribution in [-0.4, -0.2) is 30.9 Å². The Morgan fingerprint density at radius 1 is 1.11 bits per heavy atom. The first-order valence-electron chi connectivity index (χ1n) is 8.97. The molecule has 0 aliphatic heterocycles. The fourth-order valence-electron chi connectivity index (χ4n) is 3.23. The zero-order valence-corrected chi connectivity index (χ0v) is 17.2. The summed E-state index contributed by atoms with van der Waals surface area (Å²) in [6.07, 6.45) is 1.95. The van der Waals surface area contributed by atoms with Crippen LogP contribution >= 0.6 is 23.4 Å². The third-order valence-corrected chi connectivity index (χ3v) is 5.97. The summed E-state index contributed by atoms with van der Waals surface area (Å²) in [6, 6.07) is 15.5. The zero-order valence-electron chi connectivity index (χ0n) is 15.6. The van der Waals surface area contributed by atoms with Gasteiger partial charge in [-0.1, -0.05) is 41.6 Å². The SMILES string of the molecule is CCn1cc(C(=O)CSc2nnc(-c3ccc(Cl)cc3)n2C)c2ccccc21. The number of rotatable bonds is 6. The van der Waals surface area contributed by atoms with Gasteiger partial charge in [0.2, 0.25) is 0 Å². The first-order chi connectivity index (χ1) is 13.6. The second-order valence-electron chi connectivity index (χ2n) is 6.43. The van der Waals surface area contributed by atoms with Gasteiger partial charge in [0.1, 0.15) is 0 Å². The van der Waals surface area contributed by atoms with E-state index in [1.54, 1.807) is 0 Å². The zero-order chi connectivity index (χ0) is 19.7. The van der Waals surface area contributed by atoms with E-state index in [-0.39, 0.29) is 5.78 Å². The van der Waals surface area contributed by atoms with Crippen LogP contribution in [0.25, 0.3) is 22.3 Å². The van der Waals surface area contributed by atoms with Crippen LogP contribution in [0.3, 0.4) is 0 Å². The lowest BCUT2D eigenvalue weighted by Gasteiger charge is -2.04. The number of hydrogen-bond donors (Lipinski definition) is 0. The molecule has 0 saturated heterocycles. The van der Waals surface area contributed by atoms with Crippen LogP contribution < -0.4 is 0 Å². The average molecular weight is 411 g/mol. The molecule has 0 fully saturated rings. The maximum atomic E-state index is 12.9. The van der Waals surface area contributed by atoms with Crippen LogP contribution in [-0.2, 0) is 13.6 Å². The molecule has 2 aromatic heterocycles. The Hall–Kier alpha value is -2.57. The van der Waals surface area contributed by atoms with Gasteiger partial charge in [-0.05, 0) is 37.3 Å². The highest BCUT2D eigenvalue weighted by atomic mass is 35.5. The molecule has 0 radical (unpaired) electrons. The molecular weight excluding hydrogens is 392 g/mol. The number of para-hydroxylation sites is 1. The van der Waals surface area contributed by atoms with Gasteiger partial charge < -0.3 is 9.13 Å². The lowest BCUT2D eigenvalue weighted by atomic mass is 10.1. The molecule has 0 saturated carbocycles. The fraction of sp³-hybridized carbons (Fsp3) is 0.190. The Morgan fingerprint density at radius 3 is 2.61 bits per heavy atom. The normalized spacial score (nSPS) is 11.2. The predicted octanol–water partition coefficient (Wildman–Crippen LogP) is 5.09. The molecule has 0 atom stereocenters. The van der Waals surface area contributed by atoms with E-state index in [2.05, 4.69) is 21.7 Å². The minimum atomic E-state index is 0.0874. The molecule has 0 aliphatic carbocycles. The van der Waals surface area contributed by atoms with Crippen molar-refractivity contribution in [1.82, 2.24) is 19.3 Å². The number of ketones is 1. The van der Waals surface area contributed by atoms with Crippen molar-refractivity contribution in [3.63, 3.8) is 0 Å². The van der Waals surface area contributed by atoms with Crippen LogP contribution in [0.15, 0.2) is 59.9 Å². The summed E-state index contributed by atoms with van der Waals surface area (Å²) >= 11 is 7.35. The summed E-state index contributed by atoms with van der Waals surface area (Å²) in [5.41, 5.74) is 2.77. The number of carbonyl (C=O) groups excluding carboxylic acids is 1. The molecule has 2 aromatic carbocycles. The number of thioether (sulfide) groups is 1. The van der Waals surface area contributed by atoms with Gasteiger partial charge in [-0.15, -0.1) is 10.2 Å². The smallest absolute Gasteiger partial charge is 0.191 e. The Bertz CT molecular complexity index is 1150. The first-order valence-corrected chi connectivity index (χ1v) is 10.3. The average Bonchev–Trinajstić information content (AvgIpc) is 3.27. The van der Waals surface area contributed by atoms with E-state index in [1.807, 2.05) is 66.3 Å². The first kappa shape index (κ1) is 18.8. The molecule has 0 unspecified atom stereocenters. The Balaban J connectivity index is 1.54. The van der Waals surface area contributed by atoms with E-state index < -0.39 is 0 Å². The number of nitrogens with zero attached hydrogens (tertiary/aromatic N) is 4. The molecule has 28 heavy (non-hydrogen) atoms. The van der Waals surface area contributed by atoms with Gasteiger partial charge in [-0.2, -0.15) is 0 Å². The van der Waals surface area contributed by atoms with E-state index >= 15 is 0 Å². The van der Waals surface area contributed by atoms with Gasteiger partial charge in [0, 0.05) is 46.8 Å². The summed E-state index contributed by atoms with van der Waals surface area (Å²) in [6.45, 7) is 2.90. The molecule has 0 amide bonds. The Labute approximate surface area is 172 Å². The lowest BCUT2D eigenvalue weighted by Crippen LogP contribution is -2.03. The quantitative estimate of drug-likeness (QED) is 0.328. The van der Waals surface area contributed by atoms with Crippen molar-refractivity contribution in [2.75, 3.05) is 5.75 Å². The largest absolute Gasteiger partial charge is 0.347 e. The minimum Gasteiger partial charge on any atom is -0.347 e. The van der Waals surface area contributed by atoms with Crippen molar-refractivity contribution in [2.24, 2.45) is 7.05 Å². The molecule has 0 N–H and O–H groups in total. The number of hydrogen-bond acceptors (Lipinski definition) is 4. The van der Waals surface area contributed by atoms with Crippen molar-refractivity contribution in [2.45, 2.75) is 18.6 Å². The standard InChI is InChI=1S/C21H19ClN4OS/c1-3-26-12-17(16-6-4-5-7-18(16)26)19(27)13-28-21-24-23-20(25(21)2)14-8-10-15(22)11-9-14/h4-12H,3,13H2,1-2H3. The van der Waals surface area contributed by atoms with Crippen LogP contribution in [0.2, 0.25) is 5.02 Å². The summed E-state index contributed by atoms with van der Waals surface area (Å²) < 4.78 is 4.00. The number of aromatic nitrogens is 4. The predicted molar refractivity (Wildman–Crippen MR) is 114 cm³/mol. The monoisotopic (exact) mass is 410 g/mol. The van der Waals surface area contributed by atoms with Crippen LogP contribution in [0, 0.1) is 0 Å². The summed E-state index contributed by atoms with van der Waals surface area (Å²) in [7, 11) is 1.90. The van der Waals surface area contributed by atoms with Gasteiger partial charge in [-0.25, -0.2) is 0 Å². The molecule has 4 rings (SSSR count). The molecule has 0 spiro atoms. The third-order valence-electron chi connectivity index (χ3n) is 4.70. The highest BCUT2D eigenvalue weighted by Crippen LogP contribution is 2.26. The number of Topliss-reactive ketones (excluding diaryl/α,β-unsaturated/α-hetero) is 1. The molecule has 2 heterocycles. The van der Waals surface area contributed by atoms with Gasteiger partial charge in [0.05, 0.1) is 5.75 Å². The summed E-state index contributed by atoms with van der Waals surface area (Å²) in [4.78, 5) is 12.9. The van der Waals surface area contributed by atoms with Crippen molar-refractivity contribution in [3.05, 3.63) is 65.3 Å². The Kier molecular flexibility index (Phi) is 5.24. The number of carbonyl (C=O) groups is 1. The molecular formula is C21H19ClN4OS. The molecule has 0 bridgehead atoms. The van der Waals surface area contributed by atoms with E-state index in [0.29, 0.717) is 15.9 Å². The molecule has 142 valence electrons. The van der Waals surface area contributed by atoms with Gasteiger partial charge >= 0.3 is 0 Å². The van der Waals surface area contributed by atoms with Crippen molar-refractivity contribution in [1.29, 1.82) is 0 Å². The van der Waals surface area contributed by atoms with E-state index in [4.69, 9.17) is 11.6 Å². The second kappa shape index (κ2) is 7.81. The van der Waals surface area contributed by atoms with Crippen molar-refractivity contribution < 1.29 is 4.79 Å². The van der Waals surface area contributed by atoms with E-state index in [1.165, 1.54) is 11.8 Å². The van der Waals surface area contributed by atoms with Crippen molar-refractivity contribution in [3.8, 4) is 11.4 Å². The maximum Gasteiger partial charge on any atom is 0.191 e. The topological polar surface area (TPSA) is 52.7 Å². The highest BCUT2D eigenvalue weighted by Gasteiger charge is 2.17. The highest BCUT2D eigenvalue weighted by molar-refractivity contribution is 7.99. The van der Waals surface area contributed by atoms with Crippen LogP contribution in [0.5, 0.6) is 0 Å². The van der Waals surface area contributed by atoms with Gasteiger partial charge in [0.15, 0.2) is 16.8 Å². The van der Waals surface area contributed by atoms with Crippen LogP contribution in [0.4, 0.5) is 0 Å². The van der Waals surface area contributed by atoms with Gasteiger partial charge in [0.25, 0.3) is 0 Å². The molecule has 5 nitrogen and oxygen atoms in total. The number of aryl methyl sites for hydroxylation is 1. The van der Waals surface area contributed by atoms with E-state index in [9.17, 15) is 4.79 Å². The summed E-state index contributed by atoms with van der Waals surface area (Å²) in [5.74, 6) is 1.14. The molecule has 0 aliphatic rings. The number of fused-ring (bicyclic) bond motifs is 1. The molecule has 7 heteroatoms. The summed E-state index contributed by atoms with van der Waals surface area (Å²) in [5, 5.41) is 10.9. The van der Waals surface area contributed by atoms with Crippen LogP contribution in [0.1, 0.15) is 17.3 Å². The number of halogens is 1.